The normalized spacial score (nSPS) is 10.1. The molecular weight excluding hydrogens is 195 g/mol. The van der Waals surface area contributed by atoms with E-state index < -0.39 is 10.4 Å². The minimum Gasteiger partial charge on any atom is -0.264 e. The summed E-state index contributed by atoms with van der Waals surface area (Å²) in [5.41, 5.74) is 0. The van der Waals surface area contributed by atoms with Crippen LogP contribution >= 0.6 is 0 Å². The van der Waals surface area contributed by atoms with Crippen molar-refractivity contribution in [2.75, 3.05) is 0 Å². The molecule has 7 heteroatoms. The standard InChI is InChI=1S/C5H9O.Na.H2O4S/c1-2-3-4-5-6;;1-5(2,3)4/h2-4H2,1H3;;(H2,1,2,3,4). The van der Waals surface area contributed by atoms with Gasteiger partial charge in [-0.1, -0.05) is 0 Å². The Morgan fingerprint density at radius 1 is 1.42 bits per heavy atom. The van der Waals surface area contributed by atoms with Crippen LogP contribution in [-0.2, 0) is 15.2 Å². The number of rotatable bonds is 3. The molecule has 0 aromatic heterocycles. The minimum absolute atomic E-state index is 0.446. The van der Waals surface area contributed by atoms with Crippen molar-refractivity contribution < 1.29 is 22.3 Å². The van der Waals surface area contributed by atoms with Gasteiger partial charge in [0.1, 0.15) is 0 Å². The van der Waals surface area contributed by atoms with Crippen LogP contribution in [0, 0.1) is 0 Å². The van der Waals surface area contributed by atoms with Crippen molar-refractivity contribution in [3.63, 3.8) is 0 Å². The molecule has 0 aliphatic carbocycles. The molecule has 0 aliphatic heterocycles. The van der Waals surface area contributed by atoms with Crippen molar-refractivity contribution in [1.82, 2.24) is 0 Å². The largest absolute Gasteiger partial charge is 0.394 e. The van der Waals surface area contributed by atoms with Crippen molar-refractivity contribution >= 4 is 41.4 Å². The zero-order valence-electron chi connectivity index (χ0n) is 7.15. The fourth-order valence-electron chi connectivity index (χ4n) is 0.426. The average molecular weight is 206 g/mol. The second-order valence-electron chi connectivity index (χ2n) is 2.25. The van der Waals surface area contributed by atoms with Gasteiger partial charge in [-0.25, -0.2) is 0 Å². The van der Waals surface area contributed by atoms with Crippen LogP contribution in [0.1, 0.15) is 26.2 Å². The summed E-state index contributed by atoms with van der Waals surface area (Å²) in [6, 6.07) is 0. The number of carbonyl (C=O) groups excluding carboxylic acids is 1. The SMILES string of the molecule is CCCC[C](=O)[Na].O=S(=O)(O)O. The van der Waals surface area contributed by atoms with Gasteiger partial charge >= 0.3 is 72.3 Å². The van der Waals surface area contributed by atoms with Crippen molar-refractivity contribution in [3.8, 4) is 0 Å². The van der Waals surface area contributed by atoms with E-state index in [1.807, 2.05) is 0 Å². The fourth-order valence-corrected chi connectivity index (χ4v) is 0.779. The van der Waals surface area contributed by atoms with E-state index in [1.54, 1.807) is 0 Å². The van der Waals surface area contributed by atoms with Crippen LogP contribution in [0.4, 0.5) is 0 Å². The molecule has 0 aromatic carbocycles. The molecule has 0 atom stereocenters. The van der Waals surface area contributed by atoms with Crippen LogP contribution in [0.25, 0.3) is 0 Å². The van der Waals surface area contributed by atoms with Gasteiger partial charge in [0.15, 0.2) is 0 Å². The summed E-state index contributed by atoms with van der Waals surface area (Å²) >= 11 is 0.744. The van der Waals surface area contributed by atoms with E-state index in [9.17, 15) is 4.79 Å². The zero-order chi connectivity index (χ0) is 10.2. The van der Waals surface area contributed by atoms with Crippen molar-refractivity contribution in [2.24, 2.45) is 0 Å². The molecule has 0 saturated carbocycles. The van der Waals surface area contributed by atoms with E-state index in [1.165, 1.54) is 0 Å². The number of hydrogen-bond acceptors (Lipinski definition) is 3. The molecule has 68 valence electrons. The quantitative estimate of drug-likeness (QED) is 0.509. The van der Waals surface area contributed by atoms with Gasteiger partial charge in [-0.05, 0) is 0 Å². The van der Waals surface area contributed by atoms with E-state index in [0.29, 0.717) is 3.03 Å². The summed E-state index contributed by atoms with van der Waals surface area (Å²) in [5.74, 6) is 0. The Morgan fingerprint density at radius 2 is 1.75 bits per heavy atom. The smallest absolute Gasteiger partial charge is 0.264 e. The van der Waals surface area contributed by atoms with Crippen LogP contribution in [0.15, 0.2) is 0 Å². The second kappa shape index (κ2) is 8.15. The Bertz CT molecular complexity index is 202. The molecule has 0 aromatic rings. The maximum Gasteiger partial charge on any atom is 0.394 e. The molecular formula is C5H11NaO5S. The van der Waals surface area contributed by atoms with Gasteiger partial charge in [-0.3, -0.25) is 9.11 Å². The Morgan fingerprint density at radius 3 is 1.83 bits per heavy atom. The zero-order valence-corrected chi connectivity index (χ0v) is 9.97. The third-order valence-electron chi connectivity index (χ3n) is 0.882. The van der Waals surface area contributed by atoms with E-state index in [-0.39, 0.29) is 0 Å². The van der Waals surface area contributed by atoms with Crippen LogP contribution in [0.5, 0.6) is 0 Å². The topological polar surface area (TPSA) is 91.7 Å². The Labute approximate surface area is 89.5 Å². The fraction of sp³-hybridized carbons (Fsp3) is 0.800. The molecule has 0 bridgehead atoms. The van der Waals surface area contributed by atoms with Crippen molar-refractivity contribution in [3.05, 3.63) is 0 Å². The second-order valence-corrected chi connectivity index (χ2v) is 4.26. The summed E-state index contributed by atoms with van der Waals surface area (Å²) in [6.45, 7) is 2.10. The van der Waals surface area contributed by atoms with Crippen LogP contribution < -0.4 is 0 Å². The maximum absolute atomic E-state index is 10.3. The molecule has 0 aliphatic rings. The number of carbonyl (C=O) groups is 1. The van der Waals surface area contributed by atoms with Gasteiger partial charge in [0, 0.05) is 0 Å². The molecule has 0 rings (SSSR count). The van der Waals surface area contributed by atoms with Gasteiger partial charge in [-0.2, -0.15) is 8.42 Å². The van der Waals surface area contributed by atoms with Gasteiger partial charge in [0.05, 0.1) is 0 Å². The van der Waals surface area contributed by atoms with Gasteiger partial charge in [0.25, 0.3) is 0 Å². The molecule has 2 N–H and O–H groups in total. The molecule has 0 saturated heterocycles. The molecule has 0 spiro atoms. The molecule has 0 radical (unpaired) electrons. The predicted octanol–water partition coefficient (Wildman–Crippen LogP) is 0.219. The van der Waals surface area contributed by atoms with Crippen LogP contribution in [0.3, 0.4) is 0 Å². The number of unbranched alkanes of at least 4 members (excludes halogenated alkanes) is 1. The first-order valence-corrected chi connectivity index (χ1v) is 5.86. The van der Waals surface area contributed by atoms with Crippen molar-refractivity contribution in [1.29, 1.82) is 0 Å². The van der Waals surface area contributed by atoms with E-state index in [4.69, 9.17) is 17.5 Å². The van der Waals surface area contributed by atoms with Crippen LogP contribution in [-0.4, -0.2) is 48.5 Å². The first-order chi connectivity index (χ1) is 5.27. The summed E-state index contributed by atoms with van der Waals surface area (Å²) in [5, 5.41) is 0. The summed E-state index contributed by atoms with van der Waals surface area (Å²) in [4.78, 5) is 10.3. The van der Waals surface area contributed by atoms with Gasteiger partial charge < -0.3 is 0 Å². The molecule has 0 fully saturated rings. The summed E-state index contributed by atoms with van der Waals surface area (Å²) in [7, 11) is -4.67. The first kappa shape index (κ1) is 15.0. The van der Waals surface area contributed by atoms with E-state index in [2.05, 4.69) is 6.92 Å². The van der Waals surface area contributed by atoms with Gasteiger partial charge in [0.2, 0.25) is 0 Å². The Kier molecular flexibility index (Phi) is 10.2. The molecule has 5 nitrogen and oxygen atoms in total. The molecule has 0 unspecified atom stereocenters. The third kappa shape index (κ3) is 46.5. The van der Waals surface area contributed by atoms with Crippen molar-refractivity contribution in [2.45, 2.75) is 26.2 Å². The third-order valence-corrected chi connectivity index (χ3v) is 1.38. The van der Waals surface area contributed by atoms with Crippen LogP contribution in [0.2, 0.25) is 0 Å². The molecule has 12 heavy (non-hydrogen) atoms. The Balaban J connectivity index is 0. The average Bonchev–Trinajstić information content (AvgIpc) is 1.79. The maximum atomic E-state index is 10.3. The number of hydrogen-bond donors (Lipinski definition) is 2. The van der Waals surface area contributed by atoms with Gasteiger partial charge in [-0.15, -0.1) is 0 Å². The summed E-state index contributed by atoms with van der Waals surface area (Å²) < 4.78 is 32.0. The summed E-state index contributed by atoms with van der Waals surface area (Å²) in [6.07, 6.45) is 3.05. The molecule has 0 heterocycles. The first-order valence-electron chi connectivity index (χ1n) is 3.46. The van der Waals surface area contributed by atoms with E-state index >= 15 is 0 Å². The predicted molar refractivity (Wildman–Crippen MR) is 44.5 cm³/mol. The van der Waals surface area contributed by atoms with E-state index in [0.717, 1.165) is 47.2 Å². The minimum atomic E-state index is -4.67. The molecule has 0 amide bonds. The Hall–Kier alpha value is 0.540. The monoisotopic (exact) mass is 206 g/mol.